The maximum absolute atomic E-state index is 14.4. The van der Waals surface area contributed by atoms with Crippen molar-refractivity contribution in [2.45, 2.75) is 0 Å². The van der Waals surface area contributed by atoms with Crippen molar-refractivity contribution in [3.8, 4) is 23.0 Å². The first-order valence-electron chi connectivity index (χ1n) is 7.37. The largest absolute Gasteiger partial charge is 0.425 e. The molecule has 0 aliphatic carbocycles. The van der Waals surface area contributed by atoms with E-state index >= 15 is 0 Å². The van der Waals surface area contributed by atoms with Gasteiger partial charge >= 0.3 is 6.01 Å². The van der Waals surface area contributed by atoms with E-state index in [1.165, 1.54) is 6.07 Å². The average molecular weight is 323 g/mol. The van der Waals surface area contributed by atoms with Crippen LogP contribution >= 0.6 is 0 Å². The van der Waals surface area contributed by atoms with Gasteiger partial charge in [0.1, 0.15) is 17.1 Å². The minimum atomic E-state index is -0.400. The number of aryl methyl sites for hydroxylation is 2. The van der Waals surface area contributed by atoms with Crippen LogP contribution in [0.4, 0.5) is 4.39 Å². The van der Waals surface area contributed by atoms with Crippen molar-refractivity contribution in [3.63, 3.8) is 0 Å². The lowest BCUT2D eigenvalue weighted by molar-refractivity contribution is 0.425. The fourth-order valence-corrected chi connectivity index (χ4v) is 2.58. The van der Waals surface area contributed by atoms with E-state index < -0.39 is 5.82 Å². The van der Waals surface area contributed by atoms with Gasteiger partial charge in [0, 0.05) is 26.5 Å². The molecule has 1 aromatic carbocycles. The van der Waals surface area contributed by atoms with Crippen LogP contribution in [0.2, 0.25) is 0 Å². The highest BCUT2D eigenvalue weighted by atomic mass is 19.1. The van der Waals surface area contributed by atoms with Gasteiger partial charge in [-0.3, -0.25) is 9.25 Å². The van der Waals surface area contributed by atoms with Gasteiger partial charge in [0.15, 0.2) is 5.65 Å². The van der Waals surface area contributed by atoms with E-state index in [1.807, 2.05) is 6.07 Å². The van der Waals surface area contributed by atoms with Gasteiger partial charge in [-0.15, -0.1) is 0 Å². The number of benzene rings is 1. The molecule has 4 rings (SSSR count). The second-order valence-corrected chi connectivity index (χ2v) is 5.39. The Balaban J connectivity index is 1.82. The summed E-state index contributed by atoms with van der Waals surface area (Å²) in [5.41, 5.74) is 2.22. The third-order valence-corrected chi connectivity index (χ3v) is 3.73. The third kappa shape index (κ3) is 2.30. The smallest absolute Gasteiger partial charge is 0.303 e. The molecule has 0 spiro atoms. The van der Waals surface area contributed by atoms with Crippen LogP contribution in [-0.4, -0.2) is 24.3 Å². The lowest BCUT2D eigenvalue weighted by Crippen LogP contribution is -1.98. The van der Waals surface area contributed by atoms with Crippen molar-refractivity contribution in [3.05, 3.63) is 54.6 Å². The Kier molecular flexibility index (Phi) is 3.26. The van der Waals surface area contributed by atoms with Crippen molar-refractivity contribution in [2.24, 2.45) is 14.1 Å². The number of fused-ring (bicyclic) bond motifs is 1. The number of aromatic nitrogens is 5. The molecule has 0 fully saturated rings. The summed E-state index contributed by atoms with van der Waals surface area (Å²) in [6.07, 6.45) is 3.44. The number of imidazole rings is 1. The summed E-state index contributed by atoms with van der Waals surface area (Å²) < 4.78 is 23.6. The van der Waals surface area contributed by atoms with E-state index in [0.717, 1.165) is 0 Å². The van der Waals surface area contributed by atoms with Crippen molar-refractivity contribution in [1.29, 1.82) is 0 Å². The van der Waals surface area contributed by atoms with Crippen LogP contribution in [0.5, 0.6) is 11.8 Å². The molecule has 3 heterocycles. The molecular weight excluding hydrogens is 309 g/mol. The fraction of sp³-hybridized carbons (Fsp3) is 0.118. The first-order chi connectivity index (χ1) is 11.6. The molecule has 7 heteroatoms. The number of ether oxygens (including phenoxy) is 1. The lowest BCUT2D eigenvalue weighted by Gasteiger charge is -2.10. The molecular formula is C17H14FN5O. The Bertz CT molecular complexity index is 1040. The van der Waals surface area contributed by atoms with Gasteiger partial charge in [-0.25, -0.2) is 9.37 Å². The number of rotatable bonds is 3. The topological polar surface area (TPSA) is 57.8 Å². The molecule has 0 atom stereocenters. The highest BCUT2D eigenvalue weighted by molar-refractivity contribution is 5.72. The molecule has 24 heavy (non-hydrogen) atoms. The van der Waals surface area contributed by atoms with Gasteiger partial charge < -0.3 is 4.74 Å². The number of nitrogens with zero attached hydrogens (tertiary/aromatic N) is 5. The lowest BCUT2D eigenvalue weighted by atomic mass is 10.1. The molecule has 0 saturated heterocycles. The summed E-state index contributed by atoms with van der Waals surface area (Å²) in [4.78, 5) is 8.68. The SMILES string of the molecule is Cn1ccc(-c2c(F)cccc2Oc2nc3cccnc3n2C)n1. The van der Waals surface area contributed by atoms with Crippen LogP contribution in [-0.2, 0) is 14.1 Å². The maximum atomic E-state index is 14.4. The molecule has 0 amide bonds. The van der Waals surface area contributed by atoms with Gasteiger partial charge in [-0.1, -0.05) is 6.07 Å². The Labute approximate surface area is 137 Å². The van der Waals surface area contributed by atoms with E-state index in [1.54, 1.807) is 60.0 Å². The summed E-state index contributed by atoms with van der Waals surface area (Å²) in [7, 11) is 3.58. The number of hydrogen-bond donors (Lipinski definition) is 0. The number of halogens is 1. The van der Waals surface area contributed by atoms with Crippen molar-refractivity contribution in [1.82, 2.24) is 24.3 Å². The van der Waals surface area contributed by atoms with Gasteiger partial charge in [-0.05, 0) is 30.3 Å². The zero-order valence-electron chi connectivity index (χ0n) is 13.1. The zero-order chi connectivity index (χ0) is 16.7. The second-order valence-electron chi connectivity index (χ2n) is 5.39. The molecule has 6 nitrogen and oxygen atoms in total. The van der Waals surface area contributed by atoms with E-state index in [0.29, 0.717) is 34.2 Å². The first-order valence-corrected chi connectivity index (χ1v) is 7.37. The molecule has 0 saturated carbocycles. The molecule has 0 radical (unpaired) electrons. The summed E-state index contributed by atoms with van der Waals surface area (Å²) in [5, 5.41) is 4.27. The molecule has 0 aliphatic rings. The van der Waals surface area contributed by atoms with Crippen molar-refractivity contribution in [2.75, 3.05) is 0 Å². The number of hydrogen-bond acceptors (Lipinski definition) is 4. The molecule has 0 N–H and O–H groups in total. The van der Waals surface area contributed by atoms with E-state index in [-0.39, 0.29) is 0 Å². The number of pyridine rings is 1. The molecule has 0 aliphatic heterocycles. The predicted octanol–water partition coefficient (Wildman–Crippen LogP) is 3.30. The van der Waals surface area contributed by atoms with Crippen LogP contribution in [0.15, 0.2) is 48.8 Å². The van der Waals surface area contributed by atoms with Crippen LogP contribution in [0.25, 0.3) is 22.4 Å². The maximum Gasteiger partial charge on any atom is 0.303 e. The van der Waals surface area contributed by atoms with Crippen LogP contribution < -0.4 is 4.74 Å². The summed E-state index contributed by atoms with van der Waals surface area (Å²) in [6, 6.07) is 10.4. The normalized spacial score (nSPS) is 11.1. The second kappa shape index (κ2) is 5.45. The standard InChI is InChI=1S/C17H14FN5O/c1-22-10-8-12(21-22)15-11(18)5-3-7-14(15)24-17-20-13-6-4-9-19-16(13)23(17)2/h3-10H,1-2H3. The van der Waals surface area contributed by atoms with Crippen molar-refractivity contribution >= 4 is 11.2 Å². The third-order valence-electron chi connectivity index (χ3n) is 3.73. The molecule has 4 aromatic rings. The van der Waals surface area contributed by atoms with Crippen LogP contribution in [0.1, 0.15) is 0 Å². The quantitative estimate of drug-likeness (QED) is 0.580. The Morgan fingerprint density at radius 2 is 1.96 bits per heavy atom. The molecule has 0 bridgehead atoms. The minimum absolute atomic E-state index is 0.304. The Morgan fingerprint density at radius 3 is 2.71 bits per heavy atom. The van der Waals surface area contributed by atoms with Gasteiger partial charge in [-0.2, -0.15) is 10.1 Å². The van der Waals surface area contributed by atoms with Gasteiger partial charge in [0.05, 0.1) is 11.3 Å². The highest BCUT2D eigenvalue weighted by Gasteiger charge is 2.18. The van der Waals surface area contributed by atoms with Gasteiger partial charge in [0.2, 0.25) is 0 Å². The fourth-order valence-electron chi connectivity index (χ4n) is 2.58. The Hall–Kier alpha value is -3.22. The summed E-state index contributed by atoms with van der Waals surface area (Å²) >= 11 is 0. The highest BCUT2D eigenvalue weighted by Crippen LogP contribution is 2.34. The molecule has 0 unspecified atom stereocenters. The van der Waals surface area contributed by atoms with E-state index in [9.17, 15) is 4.39 Å². The van der Waals surface area contributed by atoms with Crippen LogP contribution in [0.3, 0.4) is 0 Å². The average Bonchev–Trinajstić information content (AvgIpc) is 3.12. The van der Waals surface area contributed by atoms with Crippen molar-refractivity contribution < 1.29 is 9.13 Å². The summed E-state index contributed by atoms with van der Waals surface area (Å²) in [6.45, 7) is 0. The van der Waals surface area contributed by atoms with E-state index in [2.05, 4.69) is 15.1 Å². The molecule has 3 aromatic heterocycles. The predicted molar refractivity (Wildman–Crippen MR) is 87.2 cm³/mol. The zero-order valence-corrected chi connectivity index (χ0v) is 13.1. The van der Waals surface area contributed by atoms with E-state index in [4.69, 9.17) is 4.74 Å². The minimum Gasteiger partial charge on any atom is -0.425 e. The molecule has 120 valence electrons. The Morgan fingerprint density at radius 1 is 1.08 bits per heavy atom. The summed E-state index contributed by atoms with van der Waals surface area (Å²) in [5.74, 6) is -0.0461. The van der Waals surface area contributed by atoms with Crippen LogP contribution in [0, 0.1) is 5.82 Å². The van der Waals surface area contributed by atoms with Gasteiger partial charge in [0.25, 0.3) is 0 Å². The monoisotopic (exact) mass is 323 g/mol. The first kappa shape index (κ1) is 14.4.